The van der Waals surface area contributed by atoms with Crippen LogP contribution in [-0.4, -0.2) is 0 Å². The Morgan fingerprint density at radius 1 is 0.882 bits per heavy atom. The van der Waals surface area contributed by atoms with E-state index < -0.39 is 0 Å². The van der Waals surface area contributed by atoms with Gasteiger partial charge in [0.15, 0.2) is 0 Å². The van der Waals surface area contributed by atoms with Crippen LogP contribution in [0.25, 0.3) is 0 Å². The Hall–Kier alpha value is 0. The van der Waals surface area contributed by atoms with Crippen LogP contribution in [0.1, 0.15) is 67.7 Å². The van der Waals surface area contributed by atoms with Crippen molar-refractivity contribution in [3.63, 3.8) is 0 Å². The molecule has 0 nitrogen and oxygen atoms in total. The zero-order valence-electron chi connectivity index (χ0n) is 13.2. The molecule has 0 aromatic heterocycles. The smallest absolute Gasteiger partial charge is 0.0334 e. The highest BCUT2D eigenvalue weighted by molar-refractivity contribution is 4.87. The fourth-order valence-electron chi connectivity index (χ4n) is 3.99. The second-order valence-corrected chi connectivity index (χ2v) is 7.40. The Morgan fingerprint density at radius 2 is 1.47 bits per heavy atom. The van der Waals surface area contributed by atoms with E-state index in [0.717, 1.165) is 41.4 Å². The highest BCUT2D eigenvalue weighted by Gasteiger charge is 2.38. The first-order chi connectivity index (χ1) is 7.84. The highest BCUT2D eigenvalue weighted by Crippen LogP contribution is 2.46. The maximum atomic E-state index is 2.50. The van der Waals surface area contributed by atoms with E-state index in [1.54, 1.807) is 0 Å². The van der Waals surface area contributed by atoms with Gasteiger partial charge in [0.1, 0.15) is 0 Å². The molecule has 0 spiro atoms. The van der Waals surface area contributed by atoms with E-state index in [1.807, 2.05) is 0 Å². The molecule has 0 bridgehead atoms. The van der Waals surface area contributed by atoms with Gasteiger partial charge >= 0.3 is 0 Å². The average molecular weight is 238 g/mol. The lowest BCUT2D eigenvalue weighted by molar-refractivity contribution is 0.201. The number of rotatable bonds is 5. The molecule has 102 valence electrons. The molecule has 6 unspecified atom stereocenters. The number of hydrogen-bond acceptors (Lipinski definition) is 0. The average Bonchev–Trinajstić information content (AvgIpc) is 2.49. The highest BCUT2D eigenvalue weighted by atomic mass is 14.4. The van der Waals surface area contributed by atoms with Crippen LogP contribution >= 0.6 is 0 Å². The fourth-order valence-corrected chi connectivity index (χ4v) is 3.99. The van der Waals surface area contributed by atoms with Gasteiger partial charge in [-0.2, -0.15) is 0 Å². The van der Waals surface area contributed by atoms with Gasteiger partial charge in [-0.15, -0.1) is 0 Å². The van der Waals surface area contributed by atoms with E-state index in [-0.39, 0.29) is 0 Å². The van der Waals surface area contributed by atoms with Crippen molar-refractivity contribution in [2.45, 2.75) is 67.7 Å². The fraction of sp³-hybridized carbons (Fsp3) is 1.00. The predicted octanol–water partition coefficient (Wildman–Crippen LogP) is 5.62. The molecule has 0 aliphatic heterocycles. The van der Waals surface area contributed by atoms with E-state index >= 15 is 0 Å². The molecule has 17 heavy (non-hydrogen) atoms. The second kappa shape index (κ2) is 6.25. The van der Waals surface area contributed by atoms with Gasteiger partial charge in [0.2, 0.25) is 0 Å². The molecule has 0 radical (unpaired) electrons. The third kappa shape index (κ3) is 3.73. The molecule has 1 fully saturated rings. The predicted molar refractivity (Wildman–Crippen MR) is 78.0 cm³/mol. The van der Waals surface area contributed by atoms with Crippen molar-refractivity contribution in [2.75, 3.05) is 0 Å². The van der Waals surface area contributed by atoms with Crippen molar-refractivity contribution in [1.29, 1.82) is 0 Å². The normalized spacial score (nSPS) is 37.4. The lowest BCUT2D eigenvalue weighted by atomic mass is 9.76. The molecule has 0 aromatic carbocycles. The standard InChI is InChI=1S/C17H34/c1-11(2)12(3)8-9-13(4)17-15(6)10-14(5)16(17)7/h11-17H,8-10H2,1-7H3. The van der Waals surface area contributed by atoms with Gasteiger partial charge in [-0.1, -0.05) is 61.3 Å². The second-order valence-electron chi connectivity index (χ2n) is 7.40. The van der Waals surface area contributed by atoms with Crippen molar-refractivity contribution in [3.05, 3.63) is 0 Å². The van der Waals surface area contributed by atoms with Gasteiger partial charge in [0.25, 0.3) is 0 Å². The van der Waals surface area contributed by atoms with Crippen LogP contribution in [0.3, 0.4) is 0 Å². The molecule has 0 heterocycles. The van der Waals surface area contributed by atoms with E-state index in [1.165, 1.54) is 19.3 Å². The summed E-state index contributed by atoms with van der Waals surface area (Å²) in [4.78, 5) is 0. The van der Waals surface area contributed by atoms with Crippen LogP contribution in [0.15, 0.2) is 0 Å². The summed E-state index contributed by atoms with van der Waals surface area (Å²) < 4.78 is 0. The molecule has 0 N–H and O–H groups in total. The van der Waals surface area contributed by atoms with E-state index in [0.29, 0.717) is 0 Å². The van der Waals surface area contributed by atoms with Crippen molar-refractivity contribution >= 4 is 0 Å². The molecular weight excluding hydrogens is 204 g/mol. The van der Waals surface area contributed by atoms with E-state index in [4.69, 9.17) is 0 Å². The summed E-state index contributed by atoms with van der Waals surface area (Å²) in [6.45, 7) is 17.1. The first kappa shape index (κ1) is 15.1. The van der Waals surface area contributed by atoms with Gasteiger partial charge in [-0.25, -0.2) is 0 Å². The Bertz CT molecular complexity index is 218. The summed E-state index contributed by atoms with van der Waals surface area (Å²) in [5.74, 6) is 6.47. The third-order valence-electron chi connectivity index (χ3n) is 5.78. The molecule has 0 heteroatoms. The van der Waals surface area contributed by atoms with Crippen LogP contribution in [-0.2, 0) is 0 Å². The zero-order chi connectivity index (χ0) is 13.2. The van der Waals surface area contributed by atoms with Gasteiger partial charge < -0.3 is 0 Å². The van der Waals surface area contributed by atoms with Crippen molar-refractivity contribution in [1.82, 2.24) is 0 Å². The summed E-state index contributed by atoms with van der Waals surface area (Å²) in [5.41, 5.74) is 0. The molecular formula is C17H34. The first-order valence-corrected chi connectivity index (χ1v) is 7.84. The van der Waals surface area contributed by atoms with Crippen LogP contribution < -0.4 is 0 Å². The molecule has 1 aliphatic carbocycles. The maximum absolute atomic E-state index is 2.50. The van der Waals surface area contributed by atoms with Crippen molar-refractivity contribution < 1.29 is 0 Å². The first-order valence-electron chi connectivity index (χ1n) is 7.84. The molecule has 1 saturated carbocycles. The van der Waals surface area contributed by atoms with Crippen molar-refractivity contribution in [3.8, 4) is 0 Å². The topological polar surface area (TPSA) is 0 Å². The summed E-state index contributed by atoms with van der Waals surface area (Å²) >= 11 is 0. The molecule has 1 rings (SSSR count). The summed E-state index contributed by atoms with van der Waals surface area (Å²) in [7, 11) is 0. The van der Waals surface area contributed by atoms with Gasteiger partial charge in [0.05, 0.1) is 0 Å². The molecule has 0 saturated heterocycles. The SMILES string of the molecule is CC(C)C(C)CCC(C)C1C(C)CC(C)C1C. The van der Waals surface area contributed by atoms with E-state index in [9.17, 15) is 0 Å². The quantitative estimate of drug-likeness (QED) is 0.583. The monoisotopic (exact) mass is 238 g/mol. The lowest BCUT2D eigenvalue weighted by Crippen LogP contribution is -2.22. The Morgan fingerprint density at radius 3 is 1.88 bits per heavy atom. The van der Waals surface area contributed by atoms with Gasteiger partial charge in [-0.05, 0) is 47.8 Å². The minimum atomic E-state index is 0.847. The molecule has 1 aliphatic rings. The Balaban J connectivity index is 2.44. The number of hydrogen-bond donors (Lipinski definition) is 0. The van der Waals surface area contributed by atoms with Gasteiger partial charge in [-0.3, -0.25) is 0 Å². The van der Waals surface area contributed by atoms with Crippen molar-refractivity contribution in [2.24, 2.45) is 41.4 Å². The molecule has 0 aromatic rings. The van der Waals surface area contributed by atoms with Gasteiger partial charge in [0, 0.05) is 0 Å². The minimum Gasteiger partial charge on any atom is -0.0625 e. The third-order valence-corrected chi connectivity index (χ3v) is 5.78. The van der Waals surface area contributed by atoms with Crippen LogP contribution in [0.5, 0.6) is 0 Å². The Labute approximate surface area is 110 Å². The molecule has 6 atom stereocenters. The lowest BCUT2D eigenvalue weighted by Gasteiger charge is -2.29. The minimum absolute atomic E-state index is 0.847. The van der Waals surface area contributed by atoms with Crippen LogP contribution in [0, 0.1) is 41.4 Å². The maximum Gasteiger partial charge on any atom is -0.0334 e. The van der Waals surface area contributed by atoms with Crippen LogP contribution in [0.2, 0.25) is 0 Å². The summed E-state index contributed by atoms with van der Waals surface area (Å²) in [6, 6.07) is 0. The zero-order valence-corrected chi connectivity index (χ0v) is 13.2. The Kier molecular flexibility index (Phi) is 5.54. The van der Waals surface area contributed by atoms with Crippen LogP contribution in [0.4, 0.5) is 0 Å². The summed E-state index contributed by atoms with van der Waals surface area (Å²) in [6.07, 6.45) is 4.31. The largest absolute Gasteiger partial charge is 0.0625 e. The van der Waals surface area contributed by atoms with E-state index in [2.05, 4.69) is 48.5 Å². The molecule has 0 amide bonds. The summed E-state index contributed by atoms with van der Waals surface area (Å²) in [5, 5.41) is 0.